The summed E-state index contributed by atoms with van der Waals surface area (Å²) in [5.74, 6) is 0.387. The number of Topliss-reactive ketones (excluding diaryl/α,β-unsaturated/α-hetero) is 1. The van der Waals surface area contributed by atoms with Gasteiger partial charge in [0.1, 0.15) is 17.2 Å². The van der Waals surface area contributed by atoms with E-state index in [-0.39, 0.29) is 24.5 Å². The summed E-state index contributed by atoms with van der Waals surface area (Å²) in [4.78, 5) is 36.7. The SMILES string of the molecule is COc1ccc(C(=O)C(C)OC(=O)CCC(=O)Nc2ccc(Oc3ccccc3Cl)cc2)cc1. The number of carbonyl (C=O) groups excluding carboxylic acids is 3. The van der Waals surface area contributed by atoms with Crippen LogP contribution in [0.15, 0.2) is 72.8 Å². The van der Waals surface area contributed by atoms with Crippen LogP contribution in [0, 0.1) is 0 Å². The predicted octanol–water partition coefficient (Wildman–Crippen LogP) is 5.67. The summed E-state index contributed by atoms with van der Waals surface area (Å²) >= 11 is 6.08. The molecule has 0 saturated carbocycles. The van der Waals surface area contributed by atoms with E-state index in [1.807, 2.05) is 12.1 Å². The lowest BCUT2D eigenvalue weighted by atomic mass is 10.1. The fraction of sp³-hybridized carbons (Fsp3) is 0.192. The molecule has 3 rings (SSSR count). The van der Waals surface area contributed by atoms with Crippen LogP contribution in [0.25, 0.3) is 0 Å². The molecule has 1 unspecified atom stereocenters. The predicted molar refractivity (Wildman–Crippen MR) is 129 cm³/mol. The second-order valence-electron chi connectivity index (χ2n) is 7.33. The number of esters is 1. The number of methoxy groups -OCH3 is 1. The lowest BCUT2D eigenvalue weighted by molar-refractivity contribution is -0.147. The van der Waals surface area contributed by atoms with E-state index in [2.05, 4.69) is 5.32 Å². The van der Waals surface area contributed by atoms with Crippen LogP contribution >= 0.6 is 11.6 Å². The van der Waals surface area contributed by atoms with Gasteiger partial charge in [-0.15, -0.1) is 0 Å². The Labute approximate surface area is 202 Å². The fourth-order valence-corrected chi connectivity index (χ4v) is 3.17. The van der Waals surface area contributed by atoms with Crippen LogP contribution in [0.2, 0.25) is 5.02 Å². The summed E-state index contributed by atoms with van der Waals surface area (Å²) in [7, 11) is 1.53. The zero-order valence-corrected chi connectivity index (χ0v) is 19.5. The van der Waals surface area contributed by atoms with E-state index in [0.29, 0.717) is 33.5 Å². The highest BCUT2D eigenvalue weighted by molar-refractivity contribution is 6.32. The normalized spacial score (nSPS) is 11.3. The largest absolute Gasteiger partial charge is 0.497 e. The number of para-hydroxylation sites is 1. The molecule has 1 N–H and O–H groups in total. The molecule has 0 fully saturated rings. The first kappa shape index (κ1) is 24.8. The van der Waals surface area contributed by atoms with E-state index < -0.39 is 12.1 Å². The summed E-state index contributed by atoms with van der Waals surface area (Å²) < 4.78 is 15.9. The van der Waals surface area contributed by atoms with Gasteiger partial charge in [0.05, 0.1) is 18.6 Å². The maximum atomic E-state index is 12.4. The Kier molecular flexibility index (Phi) is 8.65. The van der Waals surface area contributed by atoms with Crippen LogP contribution in [0.1, 0.15) is 30.1 Å². The molecule has 176 valence electrons. The summed E-state index contributed by atoms with van der Waals surface area (Å²) in [6.45, 7) is 1.50. The van der Waals surface area contributed by atoms with Crippen molar-refractivity contribution in [1.82, 2.24) is 0 Å². The summed E-state index contributed by atoms with van der Waals surface area (Å²) in [5.41, 5.74) is 0.953. The van der Waals surface area contributed by atoms with Gasteiger partial charge in [-0.2, -0.15) is 0 Å². The van der Waals surface area contributed by atoms with Crippen LogP contribution in [-0.2, 0) is 14.3 Å². The Bertz CT molecular complexity index is 1140. The molecule has 0 aliphatic rings. The molecule has 1 amide bonds. The number of nitrogens with one attached hydrogen (secondary N) is 1. The number of amides is 1. The number of hydrogen-bond acceptors (Lipinski definition) is 6. The van der Waals surface area contributed by atoms with E-state index in [1.54, 1.807) is 60.7 Å². The van der Waals surface area contributed by atoms with Crippen molar-refractivity contribution in [1.29, 1.82) is 0 Å². The lowest BCUT2D eigenvalue weighted by Crippen LogP contribution is -2.25. The molecule has 0 aromatic heterocycles. The number of halogens is 1. The maximum Gasteiger partial charge on any atom is 0.307 e. The first-order valence-corrected chi connectivity index (χ1v) is 10.9. The number of ketones is 1. The van der Waals surface area contributed by atoms with E-state index in [1.165, 1.54) is 14.0 Å². The minimum atomic E-state index is -0.963. The summed E-state index contributed by atoms with van der Waals surface area (Å²) in [6, 6.07) is 20.4. The fourth-order valence-electron chi connectivity index (χ4n) is 3.00. The van der Waals surface area contributed by atoms with E-state index in [4.69, 9.17) is 25.8 Å². The van der Waals surface area contributed by atoms with Gasteiger partial charge in [-0.25, -0.2) is 0 Å². The number of anilines is 1. The third-order valence-corrected chi connectivity index (χ3v) is 5.12. The zero-order chi connectivity index (χ0) is 24.5. The van der Waals surface area contributed by atoms with Crippen molar-refractivity contribution < 1.29 is 28.6 Å². The van der Waals surface area contributed by atoms with Crippen molar-refractivity contribution in [2.45, 2.75) is 25.9 Å². The highest BCUT2D eigenvalue weighted by Crippen LogP contribution is 2.29. The van der Waals surface area contributed by atoms with Crippen LogP contribution in [0.3, 0.4) is 0 Å². The van der Waals surface area contributed by atoms with Gasteiger partial charge in [-0.3, -0.25) is 14.4 Å². The van der Waals surface area contributed by atoms with Crippen LogP contribution in [-0.4, -0.2) is 30.9 Å². The van der Waals surface area contributed by atoms with Gasteiger partial charge in [0, 0.05) is 17.7 Å². The van der Waals surface area contributed by atoms with Crippen molar-refractivity contribution in [2.24, 2.45) is 0 Å². The minimum Gasteiger partial charge on any atom is -0.497 e. The second-order valence-corrected chi connectivity index (χ2v) is 7.74. The van der Waals surface area contributed by atoms with Crippen molar-refractivity contribution in [2.75, 3.05) is 12.4 Å². The molecule has 0 aliphatic heterocycles. The van der Waals surface area contributed by atoms with Gasteiger partial charge in [0.2, 0.25) is 11.7 Å². The molecule has 7 nitrogen and oxygen atoms in total. The highest BCUT2D eigenvalue weighted by atomic mass is 35.5. The summed E-state index contributed by atoms with van der Waals surface area (Å²) in [5, 5.41) is 3.20. The molecular formula is C26H24ClNO6. The number of carbonyl (C=O) groups is 3. The van der Waals surface area contributed by atoms with Gasteiger partial charge < -0.3 is 19.5 Å². The average molecular weight is 482 g/mol. The first-order valence-electron chi connectivity index (χ1n) is 10.6. The highest BCUT2D eigenvalue weighted by Gasteiger charge is 2.20. The average Bonchev–Trinajstić information content (AvgIpc) is 2.85. The second kappa shape index (κ2) is 11.9. The third-order valence-electron chi connectivity index (χ3n) is 4.81. The zero-order valence-electron chi connectivity index (χ0n) is 18.7. The quantitative estimate of drug-likeness (QED) is 0.296. The van der Waals surface area contributed by atoms with Gasteiger partial charge in [0.25, 0.3) is 0 Å². The molecule has 0 radical (unpaired) electrons. The standard InChI is InChI=1S/C26H24ClNO6/c1-17(26(31)18-7-11-20(32-2)12-8-18)33-25(30)16-15-24(29)28-19-9-13-21(14-10-19)34-23-6-4-3-5-22(23)27/h3-14,17H,15-16H2,1-2H3,(H,28,29). The van der Waals surface area contributed by atoms with E-state index >= 15 is 0 Å². The van der Waals surface area contributed by atoms with Crippen LogP contribution < -0.4 is 14.8 Å². The van der Waals surface area contributed by atoms with E-state index in [9.17, 15) is 14.4 Å². The van der Waals surface area contributed by atoms with Crippen molar-refractivity contribution >= 4 is 34.9 Å². The molecule has 1 atom stereocenters. The molecule has 0 bridgehead atoms. The smallest absolute Gasteiger partial charge is 0.307 e. The van der Waals surface area contributed by atoms with Gasteiger partial charge >= 0.3 is 5.97 Å². The molecule has 0 heterocycles. The Balaban J connectivity index is 1.43. The van der Waals surface area contributed by atoms with Gasteiger partial charge in [-0.05, 0) is 67.6 Å². The monoisotopic (exact) mass is 481 g/mol. The van der Waals surface area contributed by atoms with E-state index in [0.717, 1.165) is 0 Å². The Morgan fingerprint density at radius 1 is 0.882 bits per heavy atom. The van der Waals surface area contributed by atoms with Crippen molar-refractivity contribution in [3.05, 3.63) is 83.4 Å². The van der Waals surface area contributed by atoms with Crippen molar-refractivity contribution in [3.63, 3.8) is 0 Å². The summed E-state index contributed by atoms with van der Waals surface area (Å²) in [6.07, 6.45) is -1.20. The molecule has 0 spiro atoms. The lowest BCUT2D eigenvalue weighted by Gasteiger charge is -2.13. The molecule has 3 aromatic carbocycles. The molecular weight excluding hydrogens is 458 g/mol. The van der Waals surface area contributed by atoms with Crippen LogP contribution in [0.5, 0.6) is 17.2 Å². The third kappa shape index (κ3) is 7.08. The Hall–Kier alpha value is -3.84. The number of rotatable bonds is 10. The number of hydrogen-bond donors (Lipinski definition) is 1. The number of benzene rings is 3. The minimum absolute atomic E-state index is 0.0832. The molecule has 8 heteroatoms. The molecule has 3 aromatic rings. The van der Waals surface area contributed by atoms with Crippen molar-refractivity contribution in [3.8, 4) is 17.2 Å². The Morgan fingerprint density at radius 2 is 1.53 bits per heavy atom. The Morgan fingerprint density at radius 3 is 2.18 bits per heavy atom. The topological polar surface area (TPSA) is 90.9 Å². The first-order chi connectivity index (χ1) is 16.4. The maximum absolute atomic E-state index is 12.4. The molecule has 0 saturated heterocycles. The number of ether oxygens (including phenoxy) is 3. The molecule has 0 aliphatic carbocycles. The van der Waals surface area contributed by atoms with Gasteiger partial charge in [0.15, 0.2) is 6.10 Å². The molecule has 34 heavy (non-hydrogen) atoms. The van der Waals surface area contributed by atoms with Gasteiger partial charge in [-0.1, -0.05) is 23.7 Å². The van der Waals surface area contributed by atoms with Crippen LogP contribution in [0.4, 0.5) is 5.69 Å².